The fourth-order valence-electron chi connectivity index (χ4n) is 3.58. The topological polar surface area (TPSA) is 75.4 Å². The Morgan fingerprint density at radius 1 is 1.21 bits per heavy atom. The molecule has 1 aliphatic rings. The van der Waals surface area contributed by atoms with Gasteiger partial charge in [-0.15, -0.1) is 5.10 Å². The van der Waals surface area contributed by atoms with Crippen molar-refractivity contribution in [3.8, 4) is 0 Å². The van der Waals surface area contributed by atoms with Gasteiger partial charge in [-0.05, 0) is 56.0 Å². The van der Waals surface area contributed by atoms with Crippen LogP contribution in [-0.4, -0.2) is 43.5 Å². The van der Waals surface area contributed by atoms with Crippen molar-refractivity contribution in [2.45, 2.75) is 39.8 Å². The van der Waals surface area contributed by atoms with Crippen LogP contribution in [-0.2, 0) is 13.1 Å². The minimum atomic E-state index is -0.291. The van der Waals surface area contributed by atoms with Crippen LogP contribution in [0.1, 0.15) is 47.2 Å². The van der Waals surface area contributed by atoms with E-state index < -0.39 is 0 Å². The van der Waals surface area contributed by atoms with Gasteiger partial charge in [0.25, 0.3) is 11.7 Å². The van der Waals surface area contributed by atoms with Gasteiger partial charge in [-0.1, -0.05) is 31.2 Å². The van der Waals surface area contributed by atoms with Crippen molar-refractivity contribution in [3.63, 3.8) is 0 Å². The highest BCUT2D eigenvalue weighted by Gasteiger charge is 2.16. The zero-order valence-corrected chi connectivity index (χ0v) is 16.4. The van der Waals surface area contributed by atoms with Gasteiger partial charge in [-0.3, -0.25) is 9.69 Å². The molecule has 1 aromatic carbocycles. The first-order valence-corrected chi connectivity index (χ1v) is 9.85. The molecule has 1 saturated heterocycles. The normalized spacial score (nSPS) is 15.8. The number of carbonyl (C=O) groups is 1. The molecule has 0 bridgehead atoms. The van der Waals surface area contributed by atoms with E-state index in [1.165, 1.54) is 18.4 Å². The van der Waals surface area contributed by atoms with E-state index in [0.29, 0.717) is 12.3 Å². The summed E-state index contributed by atoms with van der Waals surface area (Å²) in [7, 11) is 0. The average Bonchev–Trinajstić information content (AvgIpc) is 3.14. The molecule has 0 atom stereocenters. The van der Waals surface area contributed by atoms with Gasteiger partial charge in [0, 0.05) is 25.0 Å². The van der Waals surface area contributed by atoms with Crippen molar-refractivity contribution in [2.24, 2.45) is 5.92 Å². The van der Waals surface area contributed by atoms with E-state index in [1.807, 2.05) is 19.1 Å². The van der Waals surface area contributed by atoms with Gasteiger partial charge in [0.2, 0.25) is 5.82 Å². The minimum Gasteiger partial charge on any atom is -0.345 e. The molecule has 0 spiro atoms. The number of aryl methyl sites for hydroxylation is 1. The lowest BCUT2D eigenvalue weighted by Gasteiger charge is -2.30. The van der Waals surface area contributed by atoms with Crippen LogP contribution in [0.25, 0.3) is 5.78 Å². The van der Waals surface area contributed by atoms with E-state index in [9.17, 15) is 4.79 Å². The zero-order valence-electron chi connectivity index (χ0n) is 16.4. The van der Waals surface area contributed by atoms with Gasteiger partial charge in [0.1, 0.15) is 0 Å². The molecule has 0 aliphatic carbocycles. The monoisotopic (exact) mass is 378 g/mol. The van der Waals surface area contributed by atoms with Crippen LogP contribution >= 0.6 is 0 Å². The number of amides is 1. The van der Waals surface area contributed by atoms with Crippen molar-refractivity contribution < 1.29 is 4.79 Å². The SMILES string of the molecule is Cc1ccnc2nc(C(=O)NCc3cccc(CN4CCC(C)CC4)c3)nn12. The average molecular weight is 378 g/mol. The van der Waals surface area contributed by atoms with Gasteiger partial charge in [0.15, 0.2) is 0 Å². The molecule has 0 radical (unpaired) electrons. The van der Waals surface area contributed by atoms with Crippen molar-refractivity contribution in [1.29, 1.82) is 0 Å². The molecule has 28 heavy (non-hydrogen) atoms. The Morgan fingerprint density at radius 3 is 2.79 bits per heavy atom. The summed E-state index contributed by atoms with van der Waals surface area (Å²) in [6.07, 6.45) is 4.21. The van der Waals surface area contributed by atoms with Crippen molar-refractivity contribution >= 4 is 11.7 Å². The van der Waals surface area contributed by atoms with Crippen molar-refractivity contribution in [2.75, 3.05) is 13.1 Å². The number of hydrogen-bond acceptors (Lipinski definition) is 5. The lowest BCUT2D eigenvalue weighted by Crippen LogP contribution is -2.32. The number of rotatable bonds is 5. The van der Waals surface area contributed by atoms with E-state index >= 15 is 0 Å². The van der Waals surface area contributed by atoms with Crippen LogP contribution in [0.4, 0.5) is 0 Å². The highest BCUT2D eigenvalue weighted by molar-refractivity contribution is 5.90. The van der Waals surface area contributed by atoms with Crippen LogP contribution in [0.15, 0.2) is 36.5 Å². The van der Waals surface area contributed by atoms with E-state index in [1.54, 1.807) is 10.7 Å². The Morgan fingerprint density at radius 2 is 2.00 bits per heavy atom. The third kappa shape index (κ3) is 4.20. The van der Waals surface area contributed by atoms with Crippen molar-refractivity contribution in [3.05, 3.63) is 59.2 Å². The quantitative estimate of drug-likeness (QED) is 0.739. The summed E-state index contributed by atoms with van der Waals surface area (Å²) in [5.41, 5.74) is 3.25. The number of likely N-dealkylation sites (tertiary alicyclic amines) is 1. The fourth-order valence-corrected chi connectivity index (χ4v) is 3.58. The first kappa shape index (κ1) is 18.6. The number of nitrogens with zero attached hydrogens (tertiary/aromatic N) is 5. The molecule has 7 heteroatoms. The molecule has 0 unspecified atom stereocenters. The summed E-state index contributed by atoms with van der Waals surface area (Å²) in [5.74, 6) is 1.12. The maximum absolute atomic E-state index is 12.4. The fraction of sp³-hybridized carbons (Fsp3) is 0.429. The number of benzene rings is 1. The summed E-state index contributed by atoms with van der Waals surface area (Å²) in [5, 5.41) is 7.16. The third-order valence-electron chi connectivity index (χ3n) is 5.36. The highest BCUT2D eigenvalue weighted by atomic mass is 16.2. The second kappa shape index (κ2) is 8.06. The van der Waals surface area contributed by atoms with Gasteiger partial charge in [0.05, 0.1) is 0 Å². The minimum absolute atomic E-state index is 0.139. The second-order valence-corrected chi connectivity index (χ2v) is 7.69. The molecule has 7 nitrogen and oxygen atoms in total. The number of hydrogen-bond donors (Lipinski definition) is 1. The second-order valence-electron chi connectivity index (χ2n) is 7.69. The number of piperidine rings is 1. The zero-order chi connectivity index (χ0) is 19.5. The molecule has 1 aliphatic heterocycles. The molecule has 2 aromatic heterocycles. The molecule has 146 valence electrons. The molecular weight excluding hydrogens is 352 g/mol. The lowest BCUT2D eigenvalue weighted by atomic mass is 9.98. The smallest absolute Gasteiger partial charge is 0.291 e. The highest BCUT2D eigenvalue weighted by Crippen LogP contribution is 2.18. The largest absolute Gasteiger partial charge is 0.345 e. The summed E-state index contributed by atoms with van der Waals surface area (Å²) < 4.78 is 1.58. The standard InChI is InChI=1S/C21H26N6O/c1-15-7-10-26(11-8-15)14-18-5-3-4-17(12-18)13-23-20(28)19-24-21-22-9-6-16(2)27(21)25-19/h3-6,9,12,15H,7-8,10-11,13-14H2,1-2H3,(H,23,28). The first-order chi connectivity index (χ1) is 13.6. The number of carbonyl (C=O) groups excluding carboxylic acids is 1. The predicted molar refractivity (Wildman–Crippen MR) is 107 cm³/mol. The van der Waals surface area contributed by atoms with Crippen molar-refractivity contribution in [1.82, 2.24) is 29.8 Å². The molecule has 1 N–H and O–H groups in total. The maximum atomic E-state index is 12.4. The molecule has 3 aromatic rings. The molecule has 3 heterocycles. The Labute approximate surface area is 164 Å². The summed E-state index contributed by atoms with van der Waals surface area (Å²) in [4.78, 5) is 23.3. The number of aromatic nitrogens is 4. The maximum Gasteiger partial charge on any atom is 0.291 e. The molecule has 4 rings (SSSR count). The summed E-state index contributed by atoms with van der Waals surface area (Å²) >= 11 is 0. The predicted octanol–water partition coefficient (Wildman–Crippen LogP) is 2.59. The van der Waals surface area contributed by atoms with Crippen LogP contribution in [0, 0.1) is 12.8 Å². The molecular formula is C21H26N6O. The Bertz CT molecular complexity index is 974. The van der Waals surface area contributed by atoms with E-state index in [2.05, 4.69) is 50.4 Å². The lowest BCUT2D eigenvalue weighted by molar-refractivity contribution is 0.0940. The number of nitrogens with one attached hydrogen (secondary N) is 1. The molecule has 0 saturated carbocycles. The van der Waals surface area contributed by atoms with Crippen LogP contribution in [0.3, 0.4) is 0 Å². The van der Waals surface area contributed by atoms with E-state index in [4.69, 9.17) is 0 Å². The van der Waals surface area contributed by atoms with Gasteiger partial charge < -0.3 is 5.32 Å². The van der Waals surface area contributed by atoms with Crippen LogP contribution < -0.4 is 5.32 Å². The van der Waals surface area contributed by atoms with Crippen LogP contribution in [0.5, 0.6) is 0 Å². The van der Waals surface area contributed by atoms with E-state index in [0.717, 1.165) is 36.8 Å². The number of fused-ring (bicyclic) bond motifs is 1. The Kier molecular flexibility index (Phi) is 5.34. The molecule has 1 fully saturated rings. The Hall–Kier alpha value is -2.80. The summed E-state index contributed by atoms with van der Waals surface area (Å²) in [6.45, 7) is 7.97. The first-order valence-electron chi connectivity index (χ1n) is 9.85. The van der Waals surface area contributed by atoms with Crippen LogP contribution in [0.2, 0.25) is 0 Å². The van der Waals surface area contributed by atoms with E-state index in [-0.39, 0.29) is 11.7 Å². The van der Waals surface area contributed by atoms with Gasteiger partial charge >= 0.3 is 0 Å². The third-order valence-corrected chi connectivity index (χ3v) is 5.36. The van der Waals surface area contributed by atoms with Gasteiger partial charge in [-0.25, -0.2) is 9.50 Å². The summed E-state index contributed by atoms with van der Waals surface area (Å²) in [6, 6.07) is 10.2. The Balaban J connectivity index is 1.37. The molecule has 1 amide bonds. The van der Waals surface area contributed by atoms with Gasteiger partial charge in [-0.2, -0.15) is 4.98 Å².